The lowest BCUT2D eigenvalue weighted by Gasteiger charge is -2.34. The van der Waals surface area contributed by atoms with E-state index in [2.05, 4.69) is 51.4 Å². The van der Waals surface area contributed by atoms with Gasteiger partial charge in [0.25, 0.3) is 0 Å². The van der Waals surface area contributed by atoms with Crippen molar-refractivity contribution < 1.29 is 5.21 Å². The number of rotatable bonds is 5. The molecule has 3 N–H and O–H groups in total. The predicted molar refractivity (Wildman–Crippen MR) is 95.9 cm³/mol. The lowest BCUT2D eigenvalue weighted by molar-refractivity contribution is 0.122. The first-order valence-electron chi connectivity index (χ1n) is 8.30. The summed E-state index contributed by atoms with van der Waals surface area (Å²) in [4.78, 5) is 4.95. The summed E-state index contributed by atoms with van der Waals surface area (Å²) in [6, 6.07) is 18.5. The normalized spacial score (nSPS) is 17.1. The Morgan fingerprint density at radius 3 is 2.08 bits per heavy atom. The lowest BCUT2D eigenvalue weighted by Crippen LogP contribution is -2.45. The number of amidine groups is 1. The molecule has 0 bridgehead atoms. The van der Waals surface area contributed by atoms with Crippen molar-refractivity contribution in [2.45, 2.75) is 13.1 Å². The molecule has 0 radical (unpaired) electrons. The third kappa shape index (κ3) is 4.34. The topological polar surface area (TPSA) is 65.1 Å². The molecule has 0 aliphatic carbocycles. The smallest absolute Gasteiger partial charge is 0.170 e. The van der Waals surface area contributed by atoms with Gasteiger partial charge in [0, 0.05) is 44.8 Å². The van der Waals surface area contributed by atoms with Gasteiger partial charge in [-0.25, -0.2) is 0 Å². The molecule has 126 valence electrons. The highest BCUT2D eigenvalue weighted by atomic mass is 16.4. The summed E-state index contributed by atoms with van der Waals surface area (Å²) in [6.07, 6.45) is 0. The Labute approximate surface area is 143 Å². The monoisotopic (exact) mass is 324 g/mol. The Balaban J connectivity index is 1.52. The van der Waals surface area contributed by atoms with E-state index >= 15 is 0 Å². The number of hydrogen-bond acceptors (Lipinski definition) is 4. The van der Waals surface area contributed by atoms with Crippen molar-refractivity contribution in [3.63, 3.8) is 0 Å². The van der Waals surface area contributed by atoms with E-state index in [1.54, 1.807) is 0 Å². The zero-order valence-electron chi connectivity index (χ0n) is 13.8. The van der Waals surface area contributed by atoms with Gasteiger partial charge in [-0.15, -0.1) is 0 Å². The molecule has 5 heteroatoms. The zero-order valence-corrected chi connectivity index (χ0v) is 13.8. The third-order valence-electron chi connectivity index (χ3n) is 4.45. The van der Waals surface area contributed by atoms with Crippen molar-refractivity contribution in [1.82, 2.24) is 9.80 Å². The fraction of sp³-hybridized carbons (Fsp3) is 0.316. The first-order chi connectivity index (χ1) is 11.7. The van der Waals surface area contributed by atoms with E-state index in [0.717, 1.165) is 44.8 Å². The van der Waals surface area contributed by atoms with E-state index in [9.17, 15) is 0 Å². The molecule has 1 saturated heterocycles. The summed E-state index contributed by atoms with van der Waals surface area (Å²) in [7, 11) is 0. The minimum atomic E-state index is 0.157. The van der Waals surface area contributed by atoms with Crippen LogP contribution in [0.15, 0.2) is 59.8 Å². The van der Waals surface area contributed by atoms with Crippen LogP contribution >= 0.6 is 0 Å². The Morgan fingerprint density at radius 2 is 1.46 bits per heavy atom. The van der Waals surface area contributed by atoms with E-state index in [4.69, 9.17) is 10.9 Å². The Bertz CT molecular complexity index is 679. The fourth-order valence-corrected chi connectivity index (χ4v) is 3.09. The third-order valence-corrected chi connectivity index (χ3v) is 4.45. The summed E-state index contributed by atoms with van der Waals surface area (Å²) in [5.41, 5.74) is 8.99. The predicted octanol–water partition coefficient (Wildman–Crippen LogP) is 2.10. The quantitative estimate of drug-likeness (QED) is 0.383. The summed E-state index contributed by atoms with van der Waals surface area (Å²) < 4.78 is 0. The van der Waals surface area contributed by atoms with Gasteiger partial charge in [-0.2, -0.15) is 0 Å². The van der Waals surface area contributed by atoms with Gasteiger partial charge < -0.3 is 10.9 Å². The minimum absolute atomic E-state index is 0.157. The molecule has 1 fully saturated rings. The van der Waals surface area contributed by atoms with Crippen LogP contribution in [0.2, 0.25) is 0 Å². The number of piperazine rings is 1. The molecule has 5 nitrogen and oxygen atoms in total. The summed E-state index contributed by atoms with van der Waals surface area (Å²) in [6.45, 7) is 6.18. The van der Waals surface area contributed by atoms with Crippen molar-refractivity contribution in [1.29, 1.82) is 0 Å². The summed E-state index contributed by atoms with van der Waals surface area (Å²) in [5.74, 6) is 0.157. The standard InChI is InChI=1S/C19H24N4O/c20-19(21-24)18-8-4-7-17(13-18)15-23-11-9-22(10-12-23)14-16-5-2-1-3-6-16/h1-8,13,24H,9-12,14-15H2,(H2,20,21). The molecule has 24 heavy (non-hydrogen) atoms. The van der Waals surface area contributed by atoms with E-state index < -0.39 is 0 Å². The molecule has 0 spiro atoms. The number of nitrogens with two attached hydrogens (primary N) is 1. The SMILES string of the molecule is N/C(=N/O)c1cccc(CN2CCN(Cc3ccccc3)CC2)c1. The van der Waals surface area contributed by atoms with Gasteiger partial charge in [0.15, 0.2) is 5.84 Å². The molecule has 2 aromatic carbocycles. The van der Waals surface area contributed by atoms with Gasteiger partial charge in [0.2, 0.25) is 0 Å². The van der Waals surface area contributed by atoms with Gasteiger partial charge in [-0.05, 0) is 17.2 Å². The maximum absolute atomic E-state index is 8.80. The van der Waals surface area contributed by atoms with E-state index in [1.165, 1.54) is 11.1 Å². The van der Waals surface area contributed by atoms with Crippen molar-refractivity contribution in [3.05, 3.63) is 71.3 Å². The highest BCUT2D eigenvalue weighted by Crippen LogP contribution is 2.12. The molecular formula is C19H24N4O. The van der Waals surface area contributed by atoms with Crippen molar-refractivity contribution >= 4 is 5.84 Å². The zero-order chi connectivity index (χ0) is 16.8. The molecular weight excluding hydrogens is 300 g/mol. The highest BCUT2D eigenvalue weighted by Gasteiger charge is 2.17. The number of oxime groups is 1. The Hall–Kier alpha value is -2.37. The van der Waals surface area contributed by atoms with Crippen molar-refractivity contribution in [2.24, 2.45) is 10.9 Å². The Morgan fingerprint density at radius 1 is 0.875 bits per heavy atom. The Kier molecular flexibility index (Phi) is 5.46. The first-order valence-corrected chi connectivity index (χ1v) is 8.30. The van der Waals surface area contributed by atoms with Crippen LogP contribution < -0.4 is 5.73 Å². The van der Waals surface area contributed by atoms with E-state index in [1.807, 2.05) is 18.2 Å². The highest BCUT2D eigenvalue weighted by molar-refractivity contribution is 5.97. The fourth-order valence-electron chi connectivity index (χ4n) is 3.09. The van der Waals surface area contributed by atoms with Gasteiger partial charge in [-0.1, -0.05) is 53.7 Å². The van der Waals surface area contributed by atoms with Crippen molar-refractivity contribution in [3.8, 4) is 0 Å². The maximum Gasteiger partial charge on any atom is 0.170 e. The largest absolute Gasteiger partial charge is 0.409 e. The number of benzene rings is 2. The molecule has 0 atom stereocenters. The van der Waals surface area contributed by atoms with Crippen LogP contribution in [0.1, 0.15) is 16.7 Å². The average Bonchev–Trinajstić information content (AvgIpc) is 2.64. The van der Waals surface area contributed by atoms with Crippen LogP contribution in [-0.2, 0) is 13.1 Å². The van der Waals surface area contributed by atoms with Crippen LogP contribution in [0, 0.1) is 0 Å². The van der Waals surface area contributed by atoms with Gasteiger partial charge in [0.05, 0.1) is 0 Å². The second-order valence-corrected chi connectivity index (χ2v) is 6.22. The molecule has 3 rings (SSSR count). The number of hydrogen-bond donors (Lipinski definition) is 2. The molecule has 1 heterocycles. The molecule has 0 aromatic heterocycles. The van der Waals surface area contributed by atoms with Gasteiger partial charge >= 0.3 is 0 Å². The lowest BCUT2D eigenvalue weighted by atomic mass is 10.1. The first kappa shape index (κ1) is 16.5. The molecule has 0 amide bonds. The van der Waals surface area contributed by atoms with E-state index in [-0.39, 0.29) is 5.84 Å². The van der Waals surface area contributed by atoms with Crippen LogP contribution in [0.25, 0.3) is 0 Å². The molecule has 2 aromatic rings. The summed E-state index contributed by atoms with van der Waals surface area (Å²) in [5, 5.41) is 11.9. The van der Waals surface area contributed by atoms with Crippen LogP contribution in [0.4, 0.5) is 0 Å². The van der Waals surface area contributed by atoms with Gasteiger partial charge in [0.1, 0.15) is 0 Å². The van der Waals surface area contributed by atoms with Crippen LogP contribution in [0.3, 0.4) is 0 Å². The minimum Gasteiger partial charge on any atom is -0.409 e. The van der Waals surface area contributed by atoms with E-state index in [0.29, 0.717) is 0 Å². The molecule has 1 aliphatic rings. The molecule has 1 aliphatic heterocycles. The second-order valence-electron chi connectivity index (χ2n) is 6.22. The molecule has 0 saturated carbocycles. The molecule has 0 unspecified atom stereocenters. The second kappa shape index (κ2) is 7.95. The van der Waals surface area contributed by atoms with Crippen molar-refractivity contribution in [2.75, 3.05) is 26.2 Å². The summed E-state index contributed by atoms with van der Waals surface area (Å²) >= 11 is 0. The van der Waals surface area contributed by atoms with Crippen LogP contribution in [-0.4, -0.2) is 47.0 Å². The average molecular weight is 324 g/mol. The maximum atomic E-state index is 8.80. The van der Waals surface area contributed by atoms with Gasteiger partial charge in [-0.3, -0.25) is 9.80 Å². The van der Waals surface area contributed by atoms with Crippen LogP contribution in [0.5, 0.6) is 0 Å². The number of nitrogens with zero attached hydrogens (tertiary/aromatic N) is 3.